The number of aromatic nitrogens is 1. The molecule has 0 radical (unpaired) electrons. The number of nitrogens with one attached hydrogen (secondary N) is 1. The van der Waals surface area contributed by atoms with Crippen LogP contribution in [0, 0.1) is 0 Å². The fraction of sp³-hybridized carbons (Fsp3) is 0.316. The van der Waals surface area contributed by atoms with Crippen molar-refractivity contribution in [1.82, 2.24) is 15.2 Å². The lowest BCUT2D eigenvalue weighted by Gasteiger charge is -2.31. The SMILES string of the molecule is Clc1ccc(C(c2ccnc3ccccc23)N2CCCNCC2)s1. The first-order chi connectivity index (χ1) is 11.8. The number of pyridine rings is 1. The Kier molecular flexibility index (Phi) is 4.81. The number of benzene rings is 1. The monoisotopic (exact) mass is 357 g/mol. The van der Waals surface area contributed by atoms with E-state index in [4.69, 9.17) is 11.6 Å². The summed E-state index contributed by atoms with van der Waals surface area (Å²) in [7, 11) is 0. The van der Waals surface area contributed by atoms with E-state index < -0.39 is 0 Å². The van der Waals surface area contributed by atoms with E-state index >= 15 is 0 Å². The Morgan fingerprint density at radius 2 is 2.00 bits per heavy atom. The zero-order valence-electron chi connectivity index (χ0n) is 13.4. The molecule has 24 heavy (non-hydrogen) atoms. The van der Waals surface area contributed by atoms with Gasteiger partial charge in [0, 0.05) is 36.1 Å². The van der Waals surface area contributed by atoms with Crippen molar-refractivity contribution in [1.29, 1.82) is 0 Å². The second-order valence-electron chi connectivity index (χ2n) is 6.10. The molecule has 1 aromatic carbocycles. The van der Waals surface area contributed by atoms with Gasteiger partial charge >= 0.3 is 0 Å². The van der Waals surface area contributed by atoms with Gasteiger partial charge in [-0.05, 0) is 42.8 Å². The van der Waals surface area contributed by atoms with Gasteiger partial charge in [0.2, 0.25) is 0 Å². The molecule has 0 spiro atoms. The molecule has 0 aliphatic carbocycles. The van der Waals surface area contributed by atoms with Crippen LogP contribution in [-0.4, -0.2) is 36.1 Å². The third-order valence-electron chi connectivity index (χ3n) is 4.58. The van der Waals surface area contributed by atoms with E-state index in [1.54, 1.807) is 11.3 Å². The number of rotatable bonds is 3. The summed E-state index contributed by atoms with van der Waals surface area (Å²) in [6.07, 6.45) is 3.09. The van der Waals surface area contributed by atoms with Crippen LogP contribution in [0.5, 0.6) is 0 Å². The molecule has 1 saturated heterocycles. The van der Waals surface area contributed by atoms with Crippen LogP contribution < -0.4 is 5.32 Å². The predicted molar refractivity (Wildman–Crippen MR) is 102 cm³/mol. The van der Waals surface area contributed by atoms with Gasteiger partial charge in [0.1, 0.15) is 0 Å². The standard InChI is InChI=1S/C19H20ClN3S/c20-18-7-6-17(24-18)19(23-12-3-9-21-11-13-23)15-8-10-22-16-5-2-1-4-14(15)16/h1-2,4-8,10,19,21H,3,9,11-13H2. The molecule has 1 atom stereocenters. The van der Waals surface area contributed by atoms with Gasteiger partial charge in [-0.15, -0.1) is 11.3 Å². The number of nitrogens with zero attached hydrogens (tertiary/aromatic N) is 2. The van der Waals surface area contributed by atoms with Crippen LogP contribution in [0.15, 0.2) is 48.7 Å². The normalized spacial score (nSPS) is 17.7. The maximum Gasteiger partial charge on any atom is 0.0931 e. The van der Waals surface area contributed by atoms with Crippen molar-refractivity contribution < 1.29 is 0 Å². The molecule has 1 unspecified atom stereocenters. The average molecular weight is 358 g/mol. The molecule has 5 heteroatoms. The molecule has 0 saturated carbocycles. The highest BCUT2D eigenvalue weighted by atomic mass is 35.5. The highest BCUT2D eigenvalue weighted by Gasteiger charge is 2.26. The van der Waals surface area contributed by atoms with Gasteiger partial charge in [0.25, 0.3) is 0 Å². The van der Waals surface area contributed by atoms with Crippen molar-refractivity contribution in [3.63, 3.8) is 0 Å². The zero-order valence-corrected chi connectivity index (χ0v) is 15.0. The average Bonchev–Trinajstić information content (AvgIpc) is 2.86. The molecular weight excluding hydrogens is 338 g/mol. The summed E-state index contributed by atoms with van der Waals surface area (Å²) in [6, 6.07) is 15.0. The molecule has 4 rings (SSSR count). The molecule has 3 heterocycles. The van der Waals surface area contributed by atoms with Crippen LogP contribution in [0.3, 0.4) is 0 Å². The number of para-hydroxylation sites is 1. The van der Waals surface area contributed by atoms with E-state index in [9.17, 15) is 0 Å². The second kappa shape index (κ2) is 7.19. The van der Waals surface area contributed by atoms with Crippen molar-refractivity contribution in [2.45, 2.75) is 12.5 Å². The van der Waals surface area contributed by atoms with Gasteiger partial charge in [-0.1, -0.05) is 29.8 Å². The molecular formula is C19H20ClN3S. The largest absolute Gasteiger partial charge is 0.315 e. The lowest BCUT2D eigenvalue weighted by molar-refractivity contribution is 0.245. The van der Waals surface area contributed by atoms with Crippen LogP contribution in [0.25, 0.3) is 10.9 Å². The Labute approximate surface area is 151 Å². The smallest absolute Gasteiger partial charge is 0.0931 e. The minimum atomic E-state index is 0.232. The molecule has 3 aromatic rings. The maximum atomic E-state index is 6.26. The van der Waals surface area contributed by atoms with Crippen LogP contribution in [-0.2, 0) is 0 Å². The Balaban J connectivity index is 1.84. The van der Waals surface area contributed by atoms with Crippen LogP contribution in [0.2, 0.25) is 4.34 Å². The summed E-state index contributed by atoms with van der Waals surface area (Å²) in [6.45, 7) is 4.24. The third kappa shape index (κ3) is 3.20. The summed E-state index contributed by atoms with van der Waals surface area (Å²) >= 11 is 7.94. The van der Waals surface area contributed by atoms with E-state index in [1.807, 2.05) is 18.3 Å². The van der Waals surface area contributed by atoms with Gasteiger partial charge in [0.15, 0.2) is 0 Å². The van der Waals surface area contributed by atoms with Crippen molar-refractivity contribution in [2.75, 3.05) is 26.2 Å². The van der Waals surface area contributed by atoms with Crippen molar-refractivity contribution >= 4 is 33.8 Å². The number of hydrogen-bond donors (Lipinski definition) is 1. The van der Waals surface area contributed by atoms with Crippen molar-refractivity contribution in [3.8, 4) is 0 Å². The first kappa shape index (κ1) is 16.0. The highest BCUT2D eigenvalue weighted by Crippen LogP contribution is 2.37. The summed E-state index contributed by atoms with van der Waals surface area (Å²) in [5.41, 5.74) is 2.37. The van der Waals surface area contributed by atoms with Gasteiger partial charge in [-0.3, -0.25) is 9.88 Å². The van der Waals surface area contributed by atoms with Gasteiger partial charge < -0.3 is 5.32 Å². The van der Waals surface area contributed by atoms with Crippen LogP contribution in [0.1, 0.15) is 22.9 Å². The molecule has 3 nitrogen and oxygen atoms in total. The lowest BCUT2D eigenvalue weighted by Crippen LogP contribution is -2.32. The first-order valence-corrected chi connectivity index (χ1v) is 9.56. The van der Waals surface area contributed by atoms with E-state index in [0.717, 1.165) is 36.0 Å². The third-order valence-corrected chi connectivity index (χ3v) is 5.86. The second-order valence-corrected chi connectivity index (χ2v) is 7.85. The molecule has 1 N–H and O–H groups in total. The van der Waals surface area contributed by atoms with Crippen LogP contribution in [0.4, 0.5) is 0 Å². The number of hydrogen-bond acceptors (Lipinski definition) is 4. The number of thiophene rings is 1. The van der Waals surface area contributed by atoms with Gasteiger partial charge in [-0.2, -0.15) is 0 Å². The van der Waals surface area contributed by atoms with Crippen LogP contribution >= 0.6 is 22.9 Å². The van der Waals surface area contributed by atoms with E-state index in [2.05, 4.69) is 45.5 Å². The maximum absolute atomic E-state index is 6.26. The minimum absolute atomic E-state index is 0.232. The fourth-order valence-electron chi connectivity index (χ4n) is 3.49. The summed E-state index contributed by atoms with van der Waals surface area (Å²) < 4.78 is 0.848. The van der Waals surface area contributed by atoms with E-state index in [0.29, 0.717) is 0 Å². The number of halogens is 1. The van der Waals surface area contributed by atoms with Gasteiger partial charge in [-0.25, -0.2) is 0 Å². The summed E-state index contributed by atoms with van der Waals surface area (Å²) in [5, 5.41) is 4.73. The topological polar surface area (TPSA) is 28.2 Å². The minimum Gasteiger partial charge on any atom is -0.315 e. The van der Waals surface area contributed by atoms with E-state index in [1.165, 1.54) is 22.2 Å². The molecule has 0 bridgehead atoms. The van der Waals surface area contributed by atoms with E-state index in [-0.39, 0.29) is 6.04 Å². The Morgan fingerprint density at radius 3 is 2.88 bits per heavy atom. The molecule has 1 fully saturated rings. The Bertz CT molecular complexity index is 819. The number of fused-ring (bicyclic) bond motifs is 1. The predicted octanol–water partition coefficient (Wildman–Crippen LogP) is 4.33. The Morgan fingerprint density at radius 1 is 1.08 bits per heavy atom. The highest BCUT2D eigenvalue weighted by molar-refractivity contribution is 7.16. The van der Waals surface area contributed by atoms with Crippen molar-refractivity contribution in [2.24, 2.45) is 0 Å². The summed E-state index contributed by atoms with van der Waals surface area (Å²) in [5.74, 6) is 0. The molecule has 0 amide bonds. The molecule has 2 aromatic heterocycles. The quantitative estimate of drug-likeness (QED) is 0.756. The first-order valence-electron chi connectivity index (χ1n) is 8.36. The molecule has 1 aliphatic rings. The molecule has 1 aliphatic heterocycles. The van der Waals surface area contributed by atoms with Crippen molar-refractivity contribution in [3.05, 3.63) is 63.4 Å². The summed E-state index contributed by atoms with van der Waals surface area (Å²) in [4.78, 5) is 8.41. The molecule has 124 valence electrons. The lowest BCUT2D eigenvalue weighted by atomic mass is 9.99. The Hall–Kier alpha value is -1.46. The van der Waals surface area contributed by atoms with Gasteiger partial charge in [0.05, 0.1) is 15.9 Å². The zero-order chi connectivity index (χ0) is 16.4. The fourth-order valence-corrected chi connectivity index (χ4v) is 4.70.